The minimum absolute atomic E-state index is 0.443. The predicted molar refractivity (Wildman–Crippen MR) is 104 cm³/mol. The standard InChI is InChI=1S/C21H14F2N2O2S/c1-12-11-17(21-24-9-10-27-21)28-19(12)13-5-7-14(8-6-13)25-20(26)18-15(22)3-2-4-16(18)23/h2-11H,1H3,(H,25,26). The second kappa shape index (κ2) is 7.36. The average molecular weight is 396 g/mol. The molecule has 0 aliphatic carbocycles. The fraction of sp³-hybridized carbons (Fsp3) is 0.0476. The predicted octanol–water partition coefficient (Wildman–Crippen LogP) is 5.91. The van der Waals surface area contributed by atoms with Gasteiger partial charge in [0.2, 0.25) is 5.89 Å². The summed E-state index contributed by atoms with van der Waals surface area (Å²) in [7, 11) is 0. The molecule has 0 unspecified atom stereocenters. The van der Waals surface area contributed by atoms with Gasteiger partial charge in [0.05, 0.1) is 11.1 Å². The van der Waals surface area contributed by atoms with Crippen LogP contribution in [0.2, 0.25) is 0 Å². The average Bonchev–Trinajstić information content (AvgIpc) is 3.32. The third-order valence-electron chi connectivity index (χ3n) is 4.16. The SMILES string of the molecule is Cc1cc(-c2ncco2)sc1-c1ccc(NC(=O)c2c(F)cccc2F)cc1. The van der Waals surface area contributed by atoms with Gasteiger partial charge in [-0.2, -0.15) is 0 Å². The van der Waals surface area contributed by atoms with Gasteiger partial charge in [0, 0.05) is 10.6 Å². The number of nitrogens with one attached hydrogen (secondary N) is 1. The van der Waals surface area contributed by atoms with Crippen molar-refractivity contribution in [3.63, 3.8) is 0 Å². The summed E-state index contributed by atoms with van der Waals surface area (Å²) in [6.07, 6.45) is 3.12. The first-order valence-corrected chi connectivity index (χ1v) is 9.20. The number of carbonyl (C=O) groups excluding carboxylic acids is 1. The number of halogens is 2. The van der Waals surface area contributed by atoms with Gasteiger partial charge in [-0.3, -0.25) is 4.79 Å². The lowest BCUT2D eigenvalue weighted by Crippen LogP contribution is -2.15. The first-order valence-electron chi connectivity index (χ1n) is 8.39. The van der Waals surface area contributed by atoms with E-state index in [0.717, 1.165) is 33.0 Å². The third-order valence-corrected chi connectivity index (χ3v) is 5.43. The number of hydrogen-bond acceptors (Lipinski definition) is 4. The van der Waals surface area contributed by atoms with E-state index in [1.165, 1.54) is 12.3 Å². The number of rotatable bonds is 4. The molecule has 0 saturated heterocycles. The molecule has 0 aliphatic rings. The number of carbonyl (C=O) groups is 1. The molecule has 4 rings (SSSR count). The Balaban J connectivity index is 1.56. The summed E-state index contributed by atoms with van der Waals surface area (Å²) >= 11 is 1.55. The smallest absolute Gasteiger partial charge is 0.261 e. The maximum absolute atomic E-state index is 13.7. The fourth-order valence-corrected chi connectivity index (χ4v) is 3.95. The molecule has 28 heavy (non-hydrogen) atoms. The van der Waals surface area contributed by atoms with Crippen molar-refractivity contribution in [3.05, 3.63) is 83.8 Å². The molecular weight excluding hydrogens is 382 g/mol. The van der Waals surface area contributed by atoms with Crippen molar-refractivity contribution in [2.75, 3.05) is 5.32 Å². The Labute approximate surface area is 163 Å². The van der Waals surface area contributed by atoms with Crippen molar-refractivity contribution < 1.29 is 18.0 Å². The van der Waals surface area contributed by atoms with Crippen molar-refractivity contribution in [2.24, 2.45) is 0 Å². The van der Waals surface area contributed by atoms with E-state index >= 15 is 0 Å². The van der Waals surface area contributed by atoms with Gasteiger partial charge in [0.15, 0.2) is 0 Å². The van der Waals surface area contributed by atoms with E-state index in [2.05, 4.69) is 10.3 Å². The largest absolute Gasteiger partial charge is 0.444 e. The Morgan fingerprint density at radius 3 is 2.46 bits per heavy atom. The zero-order chi connectivity index (χ0) is 19.7. The molecule has 2 heterocycles. The number of amides is 1. The monoisotopic (exact) mass is 396 g/mol. The molecule has 0 fully saturated rings. The molecule has 0 saturated carbocycles. The molecule has 2 aromatic heterocycles. The number of thiophene rings is 1. The van der Waals surface area contributed by atoms with Crippen LogP contribution in [-0.4, -0.2) is 10.9 Å². The highest BCUT2D eigenvalue weighted by atomic mass is 32.1. The van der Waals surface area contributed by atoms with E-state index in [1.807, 2.05) is 25.1 Å². The normalized spacial score (nSPS) is 10.8. The van der Waals surface area contributed by atoms with Crippen LogP contribution in [0.15, 0.2) is 65.4 Å². The summed E-state index contributed by atoms with van der Waals surface area (Å²) in [5.74, 6) is -2.07. The summed E-state index contributed by atoms with van der Waals surface area (Å²) in [4.78, 5) is 18.3. The molecule has 1 N–H and O–H groups in total. The molecular formula is C21H14F2N2O2S. The number of oxazole rings is 1. The molecule has 0 aliphatic heterocycles. The van der Waals surface area contributed by atoms with Crippen LogP contribution in [-0.2, 0) is 0 Å². The van der Waals surface area contributed by atoms with E-state index < -0.39 is 23.1 Å². The molecule has 0 bridgehead atoms. The molecule has 0 atom stereocenters. The zero-order valence-electron chi connectivity index (χ0n) is 14.7. The highest BCUT2D eigenvalue weighted by Crippen LogP contribution is 2.37. The summed E-state index contributed by atoms with van der Waals surface area (Å²) in [5.41, 5.74) is 1.87. The van der Waals surface area contributed by atoms with Crippen LogP contribution < -0.4 is 5.32 Å². The quantitative estimate of drug-likeness (QED) is 0.467. The molecule has 4 aromatic rings. The second-order valence-corrected chi connectivity index (χ2v) is 7.14. The number of hydrogen-bond donors (Lipinski definition) is 1. The lowest BCUT2D eigenvalue weighted by Gasteiger charge is -2.08. The Bertz CT molecular complexity index is 1120. The molecule has 0 radical (unpaired) electrons. The summed E-state index contributed by atoms with van der Waals surface area (Å²) in [5, 5.41) is 2.52. The molecule has 7 heteroatoms. The Kier molecular flexibility index (Phi) is 4.75. The molecule has 2 aromatic carbocycles. The van der Waals surface area contributed by atoms with Crippen molar-refractivity contribution >= 4 is 22.9 Å². The van der Waals surface area contributed by atoms with Gasteiger partial charge in [-0.25, -0.2) is 13.8 Å². The van der Waals surface area contributed by atoms with E-state index in [-0.39, 0.29) is 0 Å². The third kappa shape index (κ3) is 3.44. The van der Waals surface area contributed by atoms with Crippen LogP contribution in [0.25, 0.3) is 21.2 Å². The van der Waals surface area contributed by atoms with Gasteiger partial charge >= 0.3 is 0 Å². The van der Waals surface area contributed by atoms with Crippen molar-refractivity contribution in [3.8, 4) is 21.2 Å². The van der Waals surface area contributed by atoms with E-state index in [9.17, 15) is 13.6 Å². The van der Waals surface area contributed by atoms with Crippen molar-refractivity contribution in [1.29, 1.82) is 0 Å². The van der Waals surface area contributed by atoms with Crippen molar-refractivity contribution in [2.45, 2.75) is 6.92 Å². The lowest BCUT2D eigenvalue weighted by molar-refractivity contribution is 0.101. The Morgan fingerprint density at radius 1 is 1.11 bits per heavy atom. The Morgan fingerprint density at radius 2 is 1.82 bits per heavy atom. The van der Waals surface area contributed by atoms with Gasteiger partial charge in [0.1, 0.15) is 23.5 Å². The van der Waals surface area contributed by atoms with Crippen LogP contribution in [0, 0.1) is 18.6 Å². The molecule has 4 nitrogen and oxygen atoms in total. The molecule has 1 amide bonds. The van der Waals surface area contributed by atoms with E-state index in [4.69, 9.17) is 4.42 Å². The Hall–Kier alpha value is -3.32. The van der Waals surface area contributed by atoms with Crippen molar-refractivity contribution in [1.82, 2.24) is 4.98 Å². The summed E-state index contributed by atoms with van der Waals surface area (Å²) in [6.45, 7) is 1.99. The number of benzene rings is 2. The fourth-order valence-electron chi connectivity index (χ4n) is 2.83. The number of aryl methyl sites for hydroxylation is 1. The lowest BCUT2D eigenvalue weighted by atomic mass is 10.1. The van der Waals surface area contributed by atoms with Gasteiger partial charge in [0.25, 0.3) is 5.91 Å². The van der Waals surface area contributed by atoms with Crippen LogP contribution in [0.5, 0.6) is 0 Å². The van der Waals surface area contributed by atoms with Gasteiger partial charge in [-0.15, -0.1) is 11.3 Å². The topological polar surface area (TPSA) is 55.1 Å². The van der Waals surface area contributed by atoms with Gasteiger partial charge in [-0.1, -0.05) is 18.2 Å². The minimum atomic E-state index is -0.901. The summed E-state index contributed by atoms with van der Waals surface area (Å²) in [6, 6.07) is 12.4. The van der Waals surface area contributed by atoms with Gasteiger partial charge in [-0.05, 0) is 48.4 Å². The molecule has 0 spiro atoms. The second-order valence-electron chi connectivity index (χ2n) is 6.09. The highest BCUT2D eigenvalue weighted by Gasteiger charge is 2.17. The molecule has 140 valence electrons. The highest BCUT2D eigenvalue weighted by molar-refractivity contribution is 7.19. The maximum Gasteiger partial charge on any atom is 0.261 e. The minimum Gasteiger partial charge on any atom is -0.444 e. The number of aromatic nitrogens is 1. The van der Waals surface area contributed by atoms with Crippen LogP contribution in [0.3, 0.4) is 0 Å². The van der Waals surface area contributed by atoms with E-state index in [1.54, 1.807) is 29.7 Å². The number of nitrogens with zero attached hydrogens (tertiary/aromatic N) is 1. The summed E-state index contributed by atoms with van der Waals surface area (Å²) < 4.78 is 32.8. The number of anilines is 1. The maximum atomic E-state index is 13.7. The van der Waals surface area contributed by atoms with Gasteiger partial charge < -0.3 is 9.73 Å². The van der Waals surface area contributed by atoms with Crippen LogP contribution >= 0.6 is 11.3 Å². The first-order chi connectivity index (χ1) is 13.5. The first kappa shape index (κ1) is 18.1. The zero-order valence-corrected chi connectivity index (χ0v) is 15.5. The van der Waals surface area contributed by atoms with Crippen LogP contribution in [0.4, 0.5) is 14.5 Å². The van der Waals surface area contributed by atoms with E-state index in [0.29, 0.717) is 11.6 Å². The van der Waals surface area contributed by atoms with Crippen LogP contribution in [0.1, 0.15) is 15.9 Å².